The second-order valence-corrected chi connectivity index (χ2v) is 5.96. The molecule has 0 saturated carbocycles. The smallest absolute Gasteiger partial charge is 0.274 e. The number of hydrogen-bond acceptors (Lipinski definition) is 4. The minimum Gasteiger partial charge on any atom is -0.493 e. The van der Waals surface area contributed by atoms with E-state index in [-0.39, 0.29) is 17.1 Å². The number of aryl methyl sites for hydroxylation is 1. The third-order valence-corrected chi connectivity index (χ3v) is 4.14. The first kappa shape index (κ1) is 19.6. The van der Waals surface area contributed by atoms with Crippen molar-refractivity contribution in [3.63, 3.8) is 0 Å². The van der Waals surface area contributed by atoms with Crippen LogP contribution in [0.3, 0.4) is 0 Å². The molecule has 0 aliphatic carbocycles. The van der Waals surface area contributed by atoms with Crippen LogP contribution in [-0.2, 0) is 0 Å². The highest BCUT2D eigenvalue weighted by molar-refractivity contribution is 5.98. The lowest BCUT2D eigenvalue weighted by atomic mass is 10.1. The molecule has 0 aliphatic heterocycles. The number of hydrogen-bond donors (Lipinski definition) is 1. The van der Waals surface area contributed by atoms with Gasteiger partial charge >= 0.3 is 0 Å². The van der Waals surface area contributed by atoms with Crippen LogP contribution in [0.15, 0.2) is 30.6 Å². The number of nitrogens with zero attached hydrogens (tertiary/aromatic N) is 3. The van der Waals surface area contributed by atoms with Gasteiger partial charge in [0, 0.05) is 11.3 Å². The van der Waals surface area contributed by atoms with Crippen molar-refractivity contribution in [2.45, 2.75) is 19.4 Å². The molecule has 3 rings (SSSR count). The Morgan fingerprint density at radius 1 is 1.36 bits per heavy atom. The molecule has 0 spiro atoms. The molecule has 0 radical (unpaired) electrons. The number of methoxy groups -OCH3 is 1. The number of carbonyl (C=O) groups is 1. The van der Waals surface area contributed by atoms with Crippen molar-refractivity contribution in [2.75, 3.05) is 13.8 Å². The van der Waals surface area contributed by atoms with E-state index in [0.29, 0.717) is 17.0 Å². The zero-order valence-electron chi connectivity index (χ0n) is 14.9. The Balaban J connectivity index is 2.09. The van der Waals surface area contributed by atoms with Gasteiger partial charge in [-0.3, -0.25) is 9.20 Å². The molecule has 28 heavy (non-hydrogen) atoms. The van der Waals surface area contributed by atoms with E-state index in [2.05, 4.69) is 9.97 Å². The van der Waals surface area contributed by atoms with Crippen molar-refractivity contribution < 1.29 is 27.1 Å². The van der Waals surface area contributed by atoms with Gasteiger partial charge in [-0.15, -0.1) is 0 Å². The quantitative estimate of drug-likeness (QED) is 0.650. The molecule has 0 saturated heterocycles. The number of aromatic nitrogens is 3. The molecule has 6 nitrogen and oxygen atoms in total. The average Bonchev–Trinajstić information content (AvgIpc) is 3.10. The van der Waals surface area contributed by atoms with E-state index in [0.717, 1.165) is 0 Å². The predicted molar refractivity (Wildman–Crippen MR) is 92.9 cm³/mol. The number of nitrogens with one attached hydrogen (secondary N) is 1. The van der Waals surface area contributed by atoms with Crippen LogP contribution in [0.25, 0.3) is 16.9 Å². The summed E-state index contributed by atoms with van der Waals surface area (Å²) in [5.41, 5.74) is 1.06. The Morgan fingerprint density at radius 2 is 2.11 bits per heavy atom. The topological polar surface area (TPSA) is 68.5 Å². The van der Waals surface area contributed by atoms with Gasteiger partial charge in [-0.1, -0.05) is 6.07 Å². The zero-order valence-corrected chi connectivity index (χ0v) is 14.9. The number of halogens is 4. The lowest BCUT2D eigenvalue weighted by molar-refractivity contribution is 0.0679. The predicted octanol–water partition coefficient (Wildman–Crippen LogP) is 3.19. The van der Waals surface area contributed by atoms with E-state index in [4.69, 9.17) is 4.74 Å². The van der Waals surface area contributed by atoms with Gasteiger partial charge in [0.05, 0.1) is 12.8 Å². The summed E-state index contributed by atoms with van der Waals surface area (Å²) in [6.07, 6.45) is -1.77. The molecule has 0 aliphatic rings. The maximum Gasteiger partial charge on any atom is 0.274 e. The van der Waals surface area contributed by atoms with Crippen LogP contribution in [0.2, 0.25) is 0 Å². The largest absolute Gasteiger partial charge is 0.493 e. The molecule has 1 amide bonds. The standard InChI is InChI=1S/C18H16F4N4O2/c1-9-6-12(10-4-3-5-11(20)15(10)28-2)24-17-14(23-8-26(9)17)18(27)25-13(7-19)16(21)22/h3-6,8,13,16H,7H2,1-2H3,(H,25,27). The van der Waals surface area contributed by atoms with E-state index in [1.54, 1.807) is 19.1 Å². The van der Waals surface area contributed by atoms with Crippen LogP contribution in [0.5, 0.6) is 5.75 Å². The van der Waals surface area contributed by atoms with Gasteiger partial charge in [0.1, 0.15) is 19.0 Å². The van der Waals surface area contributed by atoms with Crippen LogP contribution in [0.4, 0.5) is 17.6 Å². The number of rotatable bonds is 6. The molecule has 1 atom stereocenters. The Bertz CT molecular complexity index is 1020. The monoisotopic (exact) mass is 396 g/mol. The first-order valence-corrected chi connectivity index (χ1v) is 8.20. The van der Waals surface area contributed by atoms with Crippen molar-refractivity contribution in [3.05, 3.63) is 47.8 Å². The van der Waals surface area contributed by atoms with E-state index in [1.165, 1.54) is 30.0 Å². The molecule has 3 aromatic rings. The van der Waals surface area contributed by atoms with Gasteiger partial charge in [0.25, 0.3) is 12.3 Å². The number of para-hydroxylation sites is 1. The van der Waals surface area contributed by atoms with E-state index >= 15 is 0 Å². The highest BCUT2D eigenvalue weighted by Gasteiger charge is 2.26. The van der Waals surface area contributed by atoms with Gasteiger partial charge in [-0.2, -0.15) is 0 Å². The van der Waals surface area contributed by atoms with Gasteiger partial charge in [-0.05, 0) is 25.1 Å². The summed E-state index contributed by atoms with van der Waals surface area (Å²) in [6, 6.07) is 3.99. The van der Waals surface area contributed by atoms with E-state index in [9.17, 15) is 22.4 Å². The van der Waals surface area contributed by atoms with Gasteiger partial charge in [-0.25, -0.2) is 27.5 Å². The molecule has 1 unspecified atom stereocenters. The molecule has 148 valence electrons. The summed E-state index contributed by atoms with van der Waals surface area (Å²) in [6.45, 7) is 0.282. The second kappa shape index (κ2) is 7.83. The number of ether oxygens (including phenoxy) is 1. The molecular formula is C18H16F4N4O2. The van der Waals surface area contributed by atoms with E-state index < -0.39 is 30.9 Å². The Hall–Kier alpha value is -3.17. The van der Waals surface area contributed by atoms with Crippen LogP contribution in [-0.4, -0.2) is 46.5 Å². The lowest BCUT2D eigenvalue weighted by Gasteiger charge is -2.13. The molecule has 0 bridgehead atoms. The number of imidazole rings is 1. The van der Waals surface area contributed by atoms with Gasteiger partial charge in [0.2, 0.25) is 0 Å². The Morgan fingerprint density at radius 3 is 2.75 bits per heavy atom. The minimum atomic E-state index is -3.07. The summed E-state index contributed by atoms with van der Waals surface area (Å²) in [4.78, 5) is 20.6. The van der Waals surface area contributed by atoms with Crippen LogP contribution >= 0.6 is 0 Å². The van der Waals surface area contributed by atoms with Crippen molar-refractivity contribution in [1.29, 1.82) is 0 Å². The Labute approximate surface area is 157 Å². The number of benzene rings is 1. The lowest BCUT2D eigenvalue weighted by Crippen LogP contribution is -2.41. The van der Waals surface area contributed by atoms with Crippen LogP contribution < -0.4 is 10.1 Å². The minimum absolute atomic E-state index is 0.0283. The fourth-order valence-electron chi connectivity index (χ4n) is 2.74. The average molecular weight is 396 g/mol. The zero-order chi connectivity index (χ0) is 20.4. The van der Waals surface area contributed by atoms with Crippen LogP contribution in [0, 0.1) is 12.7 Å². The molecule has 1 aromatic carbocycles. The first-order valence-electron chi connectivity index (χ1n) is 8.20. The Kier molecular flexibility index (Phi) is 5.48. The van der Waals surface area contributed by atoms with Crippen molar-refractivity contribution >= 4 is 11.6 Å². The van der Waals surface area contributed by atoms with Crippen molar-refractivity contribution in [3.8, 4) is 17.0 Å². The molecule has 1 N–H and O–H groups in total. The third-order valence-electron chi connectivity index (χ3n) is 4.14. The summed E-state index contributed by atoms with van der Waals surface area (Å²) in [5.74, 6) is -1.60. The van der Waals surface area contributed by atoms with Gasteiger partial charge < -0.3 is 10.1 Å². The highest BCUT2D eigenvalue weighted by atomic mass is 19.3. The number of fused-ring (bicyclic) bond motifs is 1. The normalized spacial score (nSPS) is 12.4. The highest BCUT2D eigenvalue weighted by Crippen LogP contribution is 2.32. The second-order valence-electron chi connectivity index (χ2n) is 5.96. The fourth-order valence-corrected chi connectivity index (χ4v) is 2.74. The SMILES string of the molecule is COc1c(F)cccc1-c1cc(C)n2cnc(C(=O)NC(CF)C(F)F)c2n1. The number of carbonyl (C=O) groups excluding carboxylic acids is 1. The van der Waals surface area contributed by atoms with Crippen molar-refractivity contribution in [2.24, 2.45) is 0 Å². The van der Waals surface area contributed by atoms with Crippen LogP contribution in [0.1, 0.15) is 16.2 Å². The molecule has 2 aromatic heterocycles. The first-order chi connectivity index (χ1) is 13.4. The molecule has 0 fully saturated rings. The number of alkyl halides is 3. The van der Waals surface area contributed by atoms with Gasteiger partial charge in [0.15, 0.2) is 22.9 Å². The fraction of sp³-hybridized carbons (Fsp3) is 0.278. The summed E-state index contributed by atoms with van der Waals surface area (Å²) in [7, 11) is 1.31. The molecule has 10 heteroatoms. The molecular weight excluding hydrogens is 380 g/mol. The number of amides is 1. The molecule has 2 heterocycles. The van der Waals surface area contributed by atoms with E-state index in [1.807, 2.05) is 5.32 Å². The maximum atomic E-state index is 14.0. The summed E-state index contributed by atoms with van der Waals surface area (Å²) < 4.78 is 58.8. The maximum absolute atomic E-state index is 14.0. The summed E-state index contributed by atoms with van der Waals surface area (Å²) >= 11 is 0. The third kappa shape index (κ3) is 3.49. The summed E-state index contributed by atoms with van der Waals surface area (Å²) in [5, 5.41) is 1.91. The van der Waals surface area contributed by atoms with Crippen molar-refractivity contribution in [1.82, 2.24) is 19.7 Å².